The Labute approximate surface area is 164 Å². The summed E-state index contributed by atoms with van der Waals surface area (Å²) in [5, 5.41) is 0. The maximum absolute atomic E-state index is 13.4. The molecule has 0 N–H and O–H groups in total. The Hall–Kier alpha value is -2.63. The van der Waals surface area contributed by atoms with Gasteiger partial charge in [0.1, 0.15) is 5.82 Å². The molecule has 0 unspecified atom stereocenters. The van der Waals surface area contributed by atoms with Crippen LogP contribution in [0.3, 0.4) is 0 Å². The number of pyridine rings is 1. The van der Waals surface area contributed by atoms with Gasteiger partial charge >= 0.3 is 0 Å². The van der Waals surface area contributed by atoms with Gasteiger partial charge < -0.3 is 14.4 Å². The van der Waals surface area contributed by atoms with E-state index in [-0.39, 0.29) is 22.8 Å². The van der Waals surface area contributed by atoms with Gasteiger partial charge in [-0.25, -0.2) is 4.39 Å². The Balaban J connectivity index is 1.55. The Morgan fingerprint density at radius 1 is 1.14 bits per heavy atom. The summed E-state index contributed by atoms with van der Waals surface area (Å²) in [6.07, 6.45) is 3.47. The SMILES string of the molecule is Cn1cc(C(=O)N2CC[C@H]3[C@@H](C2)CC(C)(C)N3c2ccc(F)cc2)ccc1=O. The van der Waals surface area contributed by atoms with Gasteiger partial charge in [0.05, 0.1) is 5.56 Å². The molecular weight excluding hydrogens is 357 g/mol. The number of aryl methyl sites for hydroxylation is 1. The molecule has 0 bridgehead atoms. The van der Waals surface area contributed by atoms with Crippen molar-refractivity contribution in [2.24, 2.45) is 13.0 Å². The fourth-order valence-corrected chi connectivity index (χ4v) is 4.98. The van der Waals surface area contributed by atoms with Gasteiger partial charge in [-0.2, -0.15) is 0 Å². The first kappa shape index (κ1) is 18.7. The molecule has 0 aliphatic carbocycles. The number of aromatic nitrogens is 1. The molecule has 6 heteroatoms. The highest BCUT2D eigenvalue weighted by atomic mass is 19.1. The molecule has 0 saturated carbocycles. The average molecular weight is 383 g/mol. The van der Waals surface area contributed by atoms with Crippen molar-refractivity contribution in [2.45, 2.75) is 38.3 Å². The Bertz CT molecular complexity index is 951. The zero-order valence-electron chi connectivity index (χ0n) is 16.6. The van der Waals surface area contributed by atoms with E-state index in [1.807, 2.05) is 17.0 Å². The van der Waals surface area contributed by atoms with Crippen LogP contribution in [-0.4, -0.2) is 40.0 Å². The third kappa shape index (κ3) is 3.21. The lowest BCUT2D eigenvalue weighted by Gasteiger charge is -2.42. The van der Waals surface area contributed by atoms with Crippen LogP contribution < -0.4 is 10.5 Å². The molecule has 4 rings (SSSR count). The summed E-state index contributed by atoms with van der Waals surface area (Å²) in [5.41, 5.74) is 1.41. The molecule has 2 aliphatic heterocycles. The van der Waals surface area contributed by atoms with Crippen molar-refractivity contribution in [3.8, 4) is 0 Å². The second kappa shape index (κ2) is 6.76. The predicted octanol–water partition coefficient (Wildman–Crippen LogP) is 3.04. The van der Waals surface area contributed by atoms with E-state index in [1.165, 1.54) is 22.8 Å². The predicted molar refractivity (Wildman–Crippen MR) is 107 cm³/mol. The van der Waals surface area contributed by atoms with Crippen LogP contribution in [-0.2, 0) is 7.05 Å². The third-order valence-electron chi connectivity index (χ3n) is 6.16. The summed E-state index contributed by atoms with van der Waals surface area (Å²) in [7, 11) is 1.66. The maximum atomic E-state index is 13.4. The summed E-state index contributed by atoms with van der Waals surface area (Å²) in [5.74, 6) is 0.118. The number of anilines is 1. The van der Waals surface area contributed by atoms with Gasteiger partial charge in [0.2, 0.25) is 5.56 Å². The van der Waals surface area contributed by atoms with Crippen LogP contribution in [0, 0.1) is 11.7 Å². The van der Waals surface area contributed by atoms with E-state index in [0.29, 0.717) is 30.6 Å². The molecule has 5 nitrogen and oxygen atoms in total. The van der Waals surface area contributed by atoms with E-state index in [4.69, 9.17) is 0 Å². The number of amides is 1. The molecule has 2 fully saturated rings. The lowest BCUT2D eigenvalue weighted by molar-refractivity contribution is 0.0666. The van der Waals surface area contributed by atoms with E-state index in [1.54, 1.807) is 19.3 Å². The van der Waals surface area contributed by atoms with Gasteiger partial charge in [0.25, 0.3) is 5.91 Å². The molecule has 2 saturated heterocycles. The minimum Gasteiger partial charge on any atom is -0.363 e. The number of nitrogens with zero attached hydrogens (tertiary/aromatic N) is 3. The molecule has 2 aromatic rings. The van der Waals surface area contributed by atoms with Crippen LogP contribution in [0.5, 0.6) is 0 Å². The monoisotopic (exact) mass is 383 g/mol. The van der Waals surface area contributed by atoms with Crippen LogP contribution in [0.4, 0.5) is 10.1 Å². The van der Waals surface area contributed by atoms with Crippen molar-refractivity contribution in [1.29, 1.82) is 0 Å². The molecule has 1 amide bonds. The number of rotatable bonds is 2. The minimum atomic E-state index is -0.227. The first-order chi connectivity index (χ1) is 13.3. The highest BCUT2D eigenvalue weighted by Crippen LogP contribution is 2.44. The summed E-state index contributed by atoms with van der Waals surface area (Å²) in [4.78, 5) is 28.9. The molecule has 2 aliphatic rings. The van der Waals surface area contributed by atoms with Gasteiger partial charge in [-0.05, 0) is 62.9 Å². The van der Waals surface area contributed by atoms with Gasteiger partial charge in [-0.3, -0.25) is 9.59 Å². The molecule has 1 aromatic carbocycles. The quantitative estimate of drug-likeness (QED) is 0.801. The molecule has 0 spiro atoms. The van der Waals surface area contributed by atoms with Gasteiger partial charge in [-0.1, -0.05) is 0 Å². The zero-order valence-corrected chi connectivity index (χ0v) is 16.6. The van der Waals surface area contributed by atoms with Gasteiger partial charge in [-0.15, -0.1) is 0 Å². The Morgan fingerprint density at radius 3 is 2.54 bits per heavy atom. The average Bonchev–Trinajstić information content (AvgIpc) is 2.93. The number of halogens is 1. The molecular formula is C22H26FN3O2. The molecule has 1 aromatic heterocycles. The fourth-order valence-electron chi connectivity index (χ4n) is 4.98. The molecule has 28 heavy (non-hydrogen) atoms. The van der Waals surface area contributed by atoms with Crippen LogP contribution in [0.2, 0.25) is 0 Å². The summed E-state index contributed by atoms with van der Waals surface area (Å²) < 4.78 is 14.8. The fraction of sp³-hybridized carbons (Fsp3) is 0.455. The van der Waals surface area contributed by atoms with Crippen molar-refractivity contribution in [3.63, 3.8) is 0 Å². The summed E-state index contributed by atoms with van der Waals surface area (Å²) >= 11 is 0. The first-order valence-corrected chi connectivity index (χ1v) is 9.77. The van der Waals surface area contributed by atoms with E-state index < -0.39 is 0 Å². The van der Waals surface area contributed by atoms with Crippen molar-refractivity contribution in [3.05, 3.63) is 64.3 Å². The number of hydrogen-bond donors (Lipinski definition) is 0. The number of piperidine rings is 1. The smallest absolute Gasteiger partial charge is 0.255 e. The number of carbonyl (C=O) groups excluding carboxylic acids is 1. The second-order valence-corrected chi connectivity index (χ2v) is 8.60. The lowest BCUT2D eigenvalue weighted by atomic mass is 9.89. The highest BCUT2D eigenvalue weighted by molar-refractivity contribution is 5.94. The summed E-state index contributed by atoms with van der Waals surface area (Å²) in [6.45, 7) is 5.81. The van der Waals surface area contributed by atoms with Crippen LogP contribution >= 0.6 is 0 Å². The largest absolute Gasteiger partial charge is 0.363 e. The number of carbonyl (C=O) groups is 1. The van der Waals surface area contributed by atoms with Gasteiger partial charge in [0, 0.05) is 49.7 Å². The van der Waals surface area contributed by atoms with E-state index >= 15 is 0 Å². The highest BCUT2D eigenvalue weighted by Gasteiger charge is 2.48. The van der Waals surface area contributed by atoms with E-state index in [2.05, 4.69) is 18.7 Å². The zero-order chi connectivity index (χ0) is 20.1. The summed E-state index contributed by atoms with van der Waals surface area (Å²) in [6, 6.07) is 10.1. The standard InChI is InChI=1S/C22H26FN3O2/c1-22(2)12-16-14-25(21(28)15-4-9-20(27)24(3)13-15)11-10-19(16)26(22)18-7-5-17(23)6-8-18/h4-9,13,16,19H,10-12,14H2,1-3H3/t16-,19+/m1/s1. The maximum Gasteiger partial charge on any atom is 0.255 e. The number of hydrogen-bond acceptors (Lipinski definition) is 3. The lowest BCUT2D eigenvalue weighted by Crippen LogP contribution is -2.50. The van der Waals surface area contributed by atoms with Crippen LogP contribution in [0.25, 0.3) is 0 Å². The van der Waals surface area contributed by atoms with Crippen molar-refractivity contribution < 1.29 is 9.18 Å². The van der Waals surface area contributed by atoms with Crippen molar-refractivity contribution in [2.75, 3.05) is 18.0 Å². The van der Waals surface area contributed by atoms with E-state index in [9.17, 15) is 14.0 Å². The van der Waals surface area contributed by atoms with Crippen molar-refractivity contribution in [1.82, 2.24) is 9.47 Å². The molecule has 3 heterocycles. The number of fused-ring (bicyclic) bond motifs is 1. The molecule has 2 atom stereocenters. The number of benzene rings is 1. The second-order valence-electron chi connectivity index (χ2n) is 8.60. The van der Waals surface area contributed by atoms with Crippen LogP contribution in [0.1, 0.15) is 37.0 Å². The molecule has 148 valence electrons. The van der Waals surface area contributed by atoms with Crippen molar-refractivity contribution >= 4 is 11.6 Å². The number of likely N-dealkylation sites (tertiary alicyclic amines) is 1. The van der Waals surface area contributed by atoms with Crippen LogP contribution in [0.15, 0.2) is 47.4 Å². The topological polar surface area (TPSA) is 45.6 Å². The first-order valence-electron chi connectivity index (χ1n) is 9.77. The molecule has 0 radical (unpaired) electrons. The van der Waals surface area contributed by atoms with Gasteiger partial charge in [0.15, 0.2) is 0 Å². The minimum absolute atomic E-state index is 0.0212. The Kier molecular flexibility index (Phi) is 4.52. The normalized spacial score (nSPS) is 23.6. The Morgan fingerprint density at radius 2 is 1.86 bits per heavy atom. The third-order valence-corrected chi connectivity index (χ3v) is 6.16. The van der Waals surface area contributed by atoms with E-state index in [0.717, 1.165) is 18.5 Å².